The highest BCUT2D eigenvalue weighted by atomic mass is 32.2. The molecule has 1 aromatic heterocycles. The average molecular weight is 519 g/mol. The van der Waals surface area contributed by atoms with Crippen LogP contribution in [0.25, 0.3) is 16.9 Å². The molecule has 2 heterocycles. The predicted octanol–water partition coefficient (Wildman–Crippen LogP) is 6.12. The van der Waals surface area contributed by atoms with Gasteiger partial charge >= 0.3 is 6.18 Å². The summed E-state index contributed by atoms with van der Waals surface area (Å²) in [6, 6.07) is 22.5. The molecule has 1 aliphatic heterocycles. The third-order valence-electron chi connectivity index (χ3n) is 5.84. The van der Waals surface area contributed by atoms with E-state index in [1.165, 1.54) is 17.8 Å². The number of carbonyl (C=O) groups excluding carboxylic acids is 2. The lowest BCUT2D eigenvalue weighted by Crippen LogP contribution is -2.29. The molecule has 0 aliphatic carbocycles. The van der Waals surface area contributed by atoms with Crippen molar-refractivity contribution in [1.29, 1.82) is 5.26 Å². The van der Waals surface area contributed by atoms with E-state index in [2.05, 4.69) is 10.4 Å². The Kier molecular flexibility index (Phi) is 6.31. The Hall–Kier alpha value is -4.36. The highest BCUT2D eigenvalue weighted by Gasteiger charge is 2.36. The van der Waals surface area contributed by atoms with Gasteiger partial charge in [-0.1, -0.05) is 42.5 Å². The zero-order valence-electron chi connectivity index (χ0n) is 19.0. The Morgan fingerprint density at radius 3 is 2.49 bits per heavy atom. The van der Waals surface area contributed by atoms with Crippen molar-refractivity contribution in [3.8, 4) is 23.0 Å². The van der Waals surface area contributed by atoms with E-state index in [0.717, 1.165) is 28.7 Å². The molecule has 1 amide bonds. The van der Waals surface area contributed by atoms with Gasteiger partial charge in [0.1, 0.15) is 5.69 Å². The molecule has 0 bridgehead atoms. The fraction of sp³-hybridized carbons (Fsp3) is 0.111. The SMILES string of the molecule is N#CC(C(=O)Nc1cccc(C(F)(F)F)c1)C(=O)c1nn(-c2ccccc2)c2c1CSc1ccccc1-2. The van der Waals surface area contributed by atoms with Gasteiger partial charge < -0.3 is 5.32 Å². The van der Waals surface area contributed by atoms with Gasteiger partial charge in [0.25, 0.3) is 0 Å². The monoisotopic (exact) mass is 518 g/mol. The second-order valence-electron chi connectivity index (χ2n) is 8.20. The smallest absolute Gasteiger partial charge is 0.325 e. The fourth-order valence-electron chi connectivity index (χ4n) is 4.12. The van der Waals surface area contributed by atoms with E-state index in [1.54, 1.807) is 10.8 Å². The van der Waals surface area contributed by atoms with Crippen LogP contribution in [0.1, 0.15) is 21.6 Å². The quantitative estimate of drug-likeness (QED) is 0.254. The highest BCUT2D eigenvalue weighted by molar-refractivity contribution is 7.98. The Labute approximate surface area is 213 Å². The number of nitrogens with zero attached hydrogens (tertiary/aromatic N) is 3. The van der Waals surface area contributed by atoms with Gasteiger partial charge in [-0.3, -0.25) is 9.59 Å². The van der Waals surface area contributed by atoms with Crippen molar-refractivity contribution in [2.45, 2.75) is 16.8 Å². The Balaban J connectivity index is 1.53. The van der Waals surface area contributed by atoms with Crippen LogP contribution in [0.2, 0.25) is 0 Å². The molecule has 6 nitrogen and oxygen atoms in total. The summed E-state index contributed by atoms with van der Waals surface area (Å²) < 4.78 is 40.8. The summed E-state index contributed by atoms with van der Waals surface area (Å²) in [5.74, 6) is -3.26. The number of aromatic nitrogens is 2. The standard InChI is InChI=1S/C27H17F3N4O2S/c28-27(29,30)16-7-6-8-17(13-16)32-26(36)20(14-31)25(35)23-21-15-37-22-12-5-4-11-19(22)24(21)34(33-23)18-9-2-1-3-10-18/h1-13,20H,15H2,(H,32,36). The van der Waals surface area contributed by atoms with Gasteiger partial charge in [0, 0.05) is 27.5 Å². The minimum atomic E-state index is -4.61. The number of nitriles is 1. The molecule has 10 heteroatoms. The van der Waals surface area contributed by atoms with Gasteiger partial charge in [0.2, 0.25) is 11.7 Å². The number of carbonyl (C=O) groups is 2. The molecule has 0 spiro atoms. The molecule has 37 heavy (non-hydrogen) atoms. The molecule has 184 valence electrons. The number of para-hydroxylation sites is 1. The second-order valence-corrected chi connectivity index (χ2v) is 9.22. The number of alkyl halides is 3. The van der Waals surface area contributed by atoms with Crippen LogP contribution in [0, 0.1) is 17.2 Å². The minimum absolute atomic E-state index is 0.0217. The second kappa shape index (κ2) is 9.59. The normalized spacial score (nSPS) is 13.1. The first-order valence-electron chi connectivity index (χ1n) is 11.1. The number of anilines is 1. The molecular weight excluding hydrogens is 501 g/mol. The van der Waals surface area contributed by atoms with Crippen LogP contribution in [0.15, 0.2) is 83.8 Å². The van der Waals surface area contributed by atoms with Gasteiger partial charge in [-0.2, -0.15) is 23.5 Å². The summed E-state index contributed by atoms with van der Waals surface area (Å²) in [5, 5.41) is 16.5. The fourth-order valence-corrected chi connectivity index (χ4v) is 5.18. The Morgan fingerprint density at radius 1 is 1.03 bits per heavy atom. The van der Waals surface area contributed by atoms with Crippen molar-refractivity contribution in [2.75, 3.05) is 5.32 Å². The summed E-state index contributed by atoms with van der Waals surface area (Å²) in [7, 11) is 0. The van der Waals surface area contributed by atoms with Crippen molar-refractivity contribution in [3.63, 3.8) is 0 Å². The first-order valence-corrected chi connectivity index (χ1v) is 12.1. The maximum Gasteiger partial charge on any atom is 0.416 e. The van der Waals surface area contributed by atoms with Gasteiger partial charge in [-0.25, -0.2) is 4.68 Å². The zero-order valence-corrected chi connectivity index (χ0v) is 19.8. The highest BCUT2D eigenvalue weighted by Crippen LogP contribution is 2.44. The summed E-state index contributed by atoms with van der Waals surface area (Å²) in [6.45, 7) is 0. The molecule has 0 fully saturated rings. The maximum atomic E-state index is 13.5. The van der Waals surface area contributed by atoms with Crippen LogP contribution in [0.5, 0.6) is 0 Å². The number of benzene rings is 3. The van der Waals surface area contributed by atoms with Gasteiger partial charge in [-0.15, -0.1) is 11.8 Å². The van der Waals surface area contributed by atoms with E-state index in [9.17, 15) is 28.0 Å². The van der Waals surface area contributed by atoms with E-state index >= 15 is 0 Å². The van der Waals surface area contributed by atoms with Gasteiger partial charge in [-0.05, 0) is 36.4 Å². The summed E-state index contributed by atoms with van der Waals surface area (Å²) in [6.07, 6.45) is -4.61. The topological polar surface area (TPSA) is 87.8 Å². The lowest BCUT2D eigenvalue weighted by molar-refractivity contribution is -0.137. The van der Waals surface area contributed by atoms with Crippen LogP contribution in [0.4, 0.5) is 18.9 Å². The number of rotatable bonds is 5. The number of nitrogens with one attached hydrogen (secondary N) is 1. The third-order valence-corrected chi connectivity index (χ3v) is 6.94. The van der Waals surface area contributed by atoms with Gasteiger partial charge in [0.15, 0.2) is 5.92 Å². The molecule has 0 saturated carbocycles. The van der Waals surface area contributed by atoms with E-state index in [0.29, 0.717) is 22.7 Å². The van der Waals surface area contributed by atoms with Gasteiger partial charge in [0.05, 0.1) is 23.0 Å². The lowest BCUT2D eigenvalue weighted by atomic mass is 9.97. The van der Waals surface area contributed by atoms with E-state index in [4.69, 9.17) is 0 Å². The van der Waals surface area contributed by atoms with Crippen molar-refractivity contribution >= 4 is 29.1 Å². The Bertz CT molecular complexity index is 1560. The lowest BCUT2D eigenvalue weighted by Gasteiger charge is -2.18. The number of hydrogen-bond acceptors (Lipinski definition) is 5. The molecule has 4 aromatic rings. The molecule has 0 radical (unpaired) electrons. The predicted molar refractivity (Wildman–Crippen MR) is 132 cm³/mol. The van der Waals surface area contributed by atoms with Crippen molar-refractivity contribution in [3.05, 3.63) is 95.7 Å². The van der Waals surface area contributed by atoms with Crippen molar-refractivity contribution < 1.29 is 22.8 Å². The summed E-state index contributed by atoms with van der Waals surface area (Å²) in [5.41, 5.74) is 1.69. The first-order chi connectivity index (χ1) is 17.8. The first kappa shape index (κ1) is 24.3. The number of halogens is 3. The molecule has 5 rings (SSSR count). The number of Topliss-reactive ketones (excluding diaryl/α,β-unsaturated/α-hetero) is 1. The van der Waals surface area contributed by atoms with Crippen LogP contribution >= 0.6 is 11.8 Å². The van der Waals surface area contributed by atoms with E-state index in [-0.39, 0.29) is 11.4 Å². The van der Waals surface area contributed by atoms with Crippen LogP contribution in [0.3, 0.4) is 0 Å². The largest absolute Gasteiger partial charge is 0.416 e. The molecule has 1 unspecified atom stereocenters. The van der Waals surface area contributed by atoms with Crippen molar-refractivity contribution in [1.82, 2.24) is 9.78 Å². The third kappa shape index (κ3) is 4.61. The number of amides is 1. The molecule has 0 saturated heterocycles. The van der Waals surface area contributed by atoms with Crippen molar-refractivity contribution in [2.24, 2.45) is 5.92 Å². The van der Waals surface area contributed by atoms with E-state index in [1.807, 2.05) is 54.6 Å². The summed E-state index contributed by atoms with van der Waals surface area (Å²) >= 11 is 1.51. The van der Waals surface area contributed by atoms with Crippen LogP contribution in [-0.4, -0.2) is 21.5 Å². The maximum absolute atomic E-state index is 13.5. The van der Waals surface area contributed by atoms with E-state index < -0.39 is 29.3 Å². The Morgan fingerprint density at radius 2 is 1.76 bits per heavy atom. The van der Waals surface area contributed by atoms with Crippen LogP contribution < -0.4 is 5.32 Å². The minimum Gasteiger partial charge on any atom is -0.325 e. The molecule has 1 aliphatic rings. The number of ketones is 1. The molecule has 3 aromatic carbocycles. The number of fused-ring (bicyclic) bond motifs is 3. The number of hydrogen-bond donors (Lipinski definition) is 1. The molecule has 1 atom stereocenters. The molecule has 1 N–H and O–H groups in total. The number of thioether (sulfide) groups is 1. The molecular formula is C27H17F3N4O2S. The van der Waals surface area contributed by atoms with Crippen LogP contribution in [-0.2, 0) is 16.7 Å². The summed E-state index contributed by atoms with van der Waals surface area (Å²) in [4.78, 5) is 27.4. The zero-order chi connectivity index (χ0) is 26.2. The average Bonchev–Trinajstić information content (AvgIpc) is 3.29.